The van der Waals surface area contributed by atoms with Crippen molar-refractivity contribution < 1.29 is 27.7 Å². The summed E-state index contributed by atoms with van der Waals surface area (Å²) in [4.78, 5) is 0. The van der Waals surface area contributed by atoms with Crippen LogP contribution in [0.15, 0.2) is 182 Å². The molecular weight excluding hydrogens is 799 g/mol. The Balaban J connectivity index is 0.000000321. The van der Waals surface area contributed by atoms with Crippen molar-refractivity contribution in [1.82, 2.24) is 0 Å². The molecule has 0 fully saturated rings. The van der Waals surface area contributed by atoms with E-state index in [2.05, 4.69) is 86.6 Å². The summed E-state index contributed by atoms with van der Waals surface area (Å²) >= 11 is 0. The van der Waals surface area contributed by atoms with Gasteiger partial charge in [0.05, 0.1) is 0 Å². The predicted octanol–water partition coefficient (Wildman–Crippen LogP) is 16.9. The highest BCUT2D eigenvalue weighted by Crippen LogP contribution is 2.29. The summed E-state index contributed by atoms with van der Waals surface area (Å²) in [5.74, 6) is 1.49. The van der Waals surface area contributed by atoms with Gasteiger partial charge in [0, 0.05) is 23.3 Å². The van der Waals surface area contributed by atoms with Gasteiger partial charge in [-0.2, -0.15) is 0 Å². The number of hydrogen-bond donors (Lipinski definition) is 0. The summed E-state index contributed by atoms with van der Waals surface area (Å²) in [6.45, 7) is 8.17. The van der Waals surface area contributed by atoms with Crippen molar-refractivity contribution in [3.63, 3.8) is 0 Å². The first-order chi connectivity index (χ1) is 29.2. The van der Waals surface area contributed by atoms with E-state index in [1.54, 1.807) is 24.3 Å². The number of aryl methyl sites for hydroxylation is 4. The summed E-state index contributed by atoms with van der Waals surface area (Å²) < 4.78 is 51.4. The fourth-order valence-corrected chi connectivity index (χ4v) is 6.42. The molecular formula is C58H62F2O4. The Kier molecular flexibility index (Phi) is 19.6. The standard InChI is InChI=1S/C27H22F2O2.C27H24O2.4CH4/c1-18-3-7-20(8-4-18)24-13-11-22(15-26(24)28)30-17-31-23-12-14-25(27(29)16-23)21-9-5-19(2)6-10-21;1-20-3-7-22(8-4-20)24-11-15-26(16-12-24)28-19-29-27-17-13-25(14-18-27)23-9-5-21(2)6-10-23;;;;/h3-16H,17H2,1-2H3;3-18H,19H2,1-2H3;4*1H4. The van der Waals surface area contributed by atoms with Crippen LogP contribution < -0.4 is 18.9 Å². The van der Waals surface area contributed by atoms with E-state index in [1.807, 2.05) is 86.6 Å². The Bertz CT molecular complexity index is 2420. The minimum atomic E-state index is -0.380. The van der Waals surface area contributed by atoms with Crippen LogP contribution >= 0.6 is 0 Å². The highest BCUT2D eigenvalue weighted by molar-refractivity contribution is 5.67. The zero-order valence-corrected chi connectivity index (χ0v) is 34.1. The third kappa shape index (κ3) is 13.9. The Morgan fingerprint density at radius 1 is 0.281 bits per heavy atom. The predicted molar refractivity (Wildman–Crippen MR) is 266 cm³/mol. The molecule has 0 aromatic heterocycles. The topological polar surface area (TPSA) is 36.9 Å². The molecule has 0 aliphatic heterocycles. The van der Waals surface area contributed by atoms with E-state index in [9.17, 15) is 8.78 Å². The van der Waals surface area contributed by atoms with Gasteiger partial charge in [0.1, 0.15) is 34.6 Å². The van der Waals surface area contributed by atoms with E-state index in [0.29, 0.717) is 22.6 Å². The Morgan fingerprint density at radius 2 is 0.500 bits per heavy atom. The molecule has 0 aliphatic rings. The molecule has 0 heterocycles. The number of ether oxygens (including phenoxy) is 4. The SMILES string of the molecule is C.C.C.C.Cc1ccc(-c2ccc(OCOc3ccc(-c4ccc(C)cc4)c(F)c3)cc2F)cc1.Cc1ccc(-c2ccc(OCOc3ccc(-c4ccc(C)cc4)cc3)cc2)cc1. The maximum Gasteiger partial charge on any atom is 0.230 e. The molecule has 0 aliphatic carbocycles. The van der Waals surface area contributed by atoms with Crippen molar-refractivity contribution in [3.8, 4) is 67.5 Å². The summed E-state index contributed by atoms with van der Waals surface area (Å²) in [6, 6.07) is 57.8. The average Bonchev–Trinajstić information content (AvgIpc) is 3.26. The van der Waals surface area contributed by atoms with Gasteiger partial charge in [0.2, 0.25) is 13.6 Å². The highest BCUT2D eigenvalue weighted by Gasteiger charge is 2.10. The lowest BCUT2D eigenvalue weighted by Gasteiger charge is -2.11. The molecule has 0 atom stereocenters. The molecule has 0 bridgehead atoms. The summed E-state index contributed by atoms with van der Waals surface area (Å²) in [5, 5.41) is 0. The minimum absolute atomic E-state index is 0. The number of rotatable bonds is 12. The van der Waals surface area contributed by atoms with Crippen molar-refractivity contribution in [3.05, 3.63) is 216 Å². The van der Waals surface area contributed by atoms with Crippen LogP contribution in [0.3, 0.4) is 0 Å². The van der Waals surface area contributed by atoms with Crippen molar-refractivity contribution in [2.24, 2.45) is 0 Å². The molecule has 8 rings (SSSR count). The third-order valence-corrected chi connectivity index (χ3v) is 9.99. The molecule has 0 saturated carbocycles. The fraction of sp³-hybridized carbons (Fsp3) is 0.172. The fourth-order valence-electron chi connectivity index (χ4n) is 6.42. The average molecular weight is 861 g/mol. The zero-order valence-electron chi connectivity index (χ0n) is 34.1. The molecule has 0 amide bonds. The Hall–Kier alpha value is -7.18. The van der Waals surface area contributed by atoms with Crippen LogP contribution in [0.2, 0.25) is 0 Å². The van der Waals surface area contributed by atoms with Gasteiger partial charge in [-0.3, -0.25) is 0 Å². The van der Waals surface area contributed by atoms with Gasteiger partial charge in [-0.15, -0.1) is 0 Å². The van der Waals surface area contributed by atoms with E-state index < -0.39 is 0 Å². The lowest BCUT2D eigenvalue weighted by Crippen LogP contribution is -2.06. The molecule has 0 saturated heterocycles. The zero-order chi connectivity index (χ0) is 41.8. The molecule has 332 valence electrons. The van der Waals surface area contributed by atoms with E-state index in [-0.39, 0.29) is 54.9 Å². The maximum absolute atomic E-state index is 14.5. The molecule has 6 heteroatoms. The van der Waals surface area contributed by atoms with Gasteiger partial charge >= 0.3 is 0 Å². The molecule has 0 unspecified atom stereocenters. The molecule has 64 heavy (non-hydrogen) atoms. The van der Waals surface area contributed by atoms with Crippen LogP contribution in [0, 0.1) is 39.3 Å². The molecule has 8 aromatic carbocycles. The Morgan fingerprint density at radius 3 is 0.766 bits per heavy atom. The molecule has 4 nitrogen and oxygen atoms in total. The number of benzene rings is 8. The second-order valence-corrected chi connectivity index (χ2v) is 14.6. The first-order valence-corrected chi connectivity index (χ1v) is 19.8. The minimum Gasteiger partial charge on any atom is -0.458 e. The first kappa shape index (κ1) is 51.2. The van der Waals surface area contributed by atoms with Gasteiger partial charge in [0.15, 0.2) is 0 Å². The van der Waals surface area contributed by atoms with Crippen LogP contribution in [0.5, 0.6) is 23.0 Å². The van der Waals surface area contributed by atoms with Crippen molar-refractivity contribution >= 4 is 0 Å². The lowest BCUT2D eigenvalue weighted by molar-refractivity contribution is 0.119. The Labute approximate surface area is 380 Å². The number of hydrogen-bond acceptors (Lipinski definition) is 4. The first-order valence-electron chi connectivity index (χ1n) is 19.8. The van der Waals surface area contributed by atoms with E-state index in [1.165, 1.54) is 45.5 Å². The van der Waals surface area contributed by atoms with Gasteiger partial charge < -0.3 is 18.9 Å². The van der Waals surface area contributed by atoms with Crippen molar-refractivity contribution in [2.75, 3.05) is 13.6 Å². The quantitative estimate of drug-likeness (QED) is 0.115. The lowest BCUT2D eigenvalue weighted by atomic mass is 10.0. The van der Waals surface area contributed by atoms with E-state index in [4.69, 9.17) is 18.9 Å². The maximum atomic E-state index is 14.5. The van der Waals surface area contributed by atoms with E-state index >= 15 is 0 Å². The summed E-state index contributed by atoms with van der Waals surface area (Å²) in [6.07, 6.45) is 0. The molecule has 8 aromatic rings. The number of halogens is 2. The van der Waals surface area contributed by atoms with E-state index in [0.717, 1.165) is 33.8 Å². The van der Waals surface area contributed by atoms with Crippen LogP contribution in [-0.2, 0) is 0 Å². The highest BCUT2D eigenvalue weighted by atomic mass is 19.1. The van der Waals surface area contributed by atoms with Gasteiger partial charge in [0.25, 0.3) is 0 Å². The summed E-state index contributed by atoms with van der Waals surface area (Å²) in [5.41, 5.74) is 12.1. The third-order valence-electron chi connectivity index (χ3n) is 9.99. The van der Waals surface area contributed by atoms with Gasteiger partial charge in [-0.1, -0.05) is 173 Å². The second-order valence-electron chi connectivity index (χ2n) is 14.6. The van der Waals surface area contributed by atoms with Crippen LogP contribution in [0.4, 0.5) is 8.78 Å². The van der Waals surface area contributed by atoms with Crippen molar-refractivity contribution in [1.29, 1.82) is 0 Å². The van der Waals surface area contributed by atoms with Crippen LogP contribution in [-0.4, -0.2) is 13.6 Å². The van der Waals surface area contributed by atoms with Crippen LogP contribution in [0.25, 0.3) is 44.5 Å². The molecule has 0 spiro atoms. The normalized spacial score (nSPS) is 9.97. The van der Waals surface area contributed by atoms with Crippen molar-refractivity contribution in [2.45, 2.75) is 57.4 Å². The molecule has 0 radical (unpaired) electrons. The van der Waals surface area contributed by atoms with Gasteiger partial charge in [-0.25, -0.2) is 8.78 Å². The smallest absolute Gasteiger partial charge is 0.230 e. The summed E-state index contributed by atoms with van der Waals surface area (Å²) in [7, 11) is 0. The largest absolute Gasteiger partial charge is 0.458 e. The van der Waals surface area contributed by atoms with Crippen LogP contribution in [0.1, 0.15) is 52.0 Å². The van der Waals surface area contributed by atoms with Gasteiger partial charge in [-0.05, 0) is 110 Å². The second kappa shape index (κ2) is 24.5. The monoisotopic (exact) mass is 860 g/mol. The molecule has 0 N–H and O–H groups in total.